The van der Waals surface area contributed by atoms with Crippen LogP contribution in [0.4, 0.5) is 0 Å². The van der Waals surface area contributed by atoms with Crippen molar-refractivity contribution in [3.8, 4) is 0 Å². The minimum Gasteiger partial charge on any atom is -0.301 e. The first-order valence-corrected chi connectivity index (χ1v) is 4.35. The summed E-state index contributed by atoms with van der Waals surface area (Å²) in [5, 5.41) is 0. The number of hydrogen-bond donors (Lipinski definition) is 1. The van der Waals surface area contributed by atoms with Crippen LogP contribution in [0.2, 0.25) is 0 Å². The highest BCUT2D eigenvalue weighted by Gasteiger charge is 2.38. The largest absolute Gasteiger partial charge is 0.301 e. The van der Waals surface area contributed by atoms with Crippen LogP contribution in [0.15, 0.2) is 12.2 Å². The highest BCUT2D eigenvalue weighted by molar-refractivity contribution is 5.10. The molecule has 0 aromatic carbocycles. The first-order valence-electron chi connectivity index (χ1n) is 4.35. The maximum Gasteiger partial charge on any atom is 0.0793 e. The van der Waals surface area contributed by atoms with Crippen LogP contribution in [0.3, 0.4) is 0 Å². The zero-order valence-corrected chi connectivity index (χ0v) is 6.86. The van der Waals surface area contributed by atoms with Crippen molar-refractivity contribution in [2.24, 2.45) is 23.7 Å². The van der Waals surface area contributed by atoms with Gasteiger partial charge in [-0.15, -0.1) is 0 Å². The summed E-state index contributed by atoms with van der Waals surface area (Å²) in [7, 11) is 0. The third-order valence-corrected chi connectivity index (χ3v) is 3.15. The Morgan fingerprint density at radius 2 is 2.27 bits per heavy atom. The fourth-order valence-corrected chi connectivity index (χ4v) is 2.46. The van der Waals surface area contributed by atoms with Crippen molar-refractivity contribution < 1.29 is 4.84 Å². The van der Waals surface area contributed by atoms with Gasteiger partial charge in [0.15, 0.2) is 0 Å². The highest BCUT2D eigenvalue weighted by atomic mass is 16.6. The zero-order valence-electron chi connectivity index (χ0n) is 6.86. The van der Waals surface area contributed by atoms with Crippen molar-refractivity contribution >= 4 is 0 Å². The van der Waals surface area contributed by atoms with Gasteiger partial charge >= 0.3 is 0 Å². The maximum atomic E-state index is 5.16. The SMILES string of the molecule is CC(ON)C1CC2C=CC1C2. The van der Waals surface area contributed by atoms with Crippen molar-refractivity contribution in [3.63, 3.8) is 0 Å². The summed E-state index contributed by atoms with van der Waals surface area (Å²) in [6.07, 6.45) is 7.51. The third kappa shape index (κ3) is 1.10. The Morgan fingerprint density at radius 3 is 2.73 bits per heavy atom. The molecule has 11 heavy (non-hydrogen) atoms. The van der Waals surface area contributed by atoms with Crippen LogP contribution in [0, 0.1) is 17.8 Å². The van der Waals surface area contributed by atoms with Crippen molar-refractivity contribution in [2.45, 2.75) is 25.9 Å². The van der Waals surface area contributed by atoms with Gasteiger partial charge in [-0.25, -0.2) is 5.90 Å². The third-order valence-electron chi connectivity index (χ3n) is 3.15. The van der Waals surface area contributed by atoms with Crippen LogP contribution in [0.25, 0.3) is 0 Å². The summed E-state index contributed by atoms with van der Waals surface area (Å²) in [6, 6.07) is 0. The summed E-state index contributed by atoms with van der Waals surface area (Å²) in [5.74, 6) is 7.41. The van der Waals surface area contributed by atoms with Gasteiger partial charge in [0.1, 0.15) is 0 Å². The molecule has 1 saturated carbocycles. The minimum absolute atomic E-state index is 0.231. The molecule has 2 nitrogen and oxygen atoms in total. The maximum absolute atomic E-state index is 5.16. The van der Waals surface area contributed by atoms with Gasteiger partial charge in [-0.2, -0.15) is 0 Å². The van der Waals surface area contributed by atoms with Crippen molar-refractivity contribution in [2.75, 3.05) is 0 Å². The predicted molar refractivity (Wildman–Crippen MR) is 43.6 cm³/mol. The van der Waals surface area contributed by atoms with Gasteiger partial charge < -0.3 is 4.84 Å². The van der Waals surface area contributed by atoms with Gasteiger partial charge in [0, 0.05) is 0 Å². The first kappa shape index (κ1) is 7.32. The monoisotopic (exact) mass is 153 g/mol. The quantitative estimate of drug-likeness (QED) is 0.481. The van der Waals surface area contributed by atoms with Gasteiger partial charge in [0.2, 0.25) is 0 Å². The van der Waals surface area contributed by atoms with Crippen LogP contribution >= 0.6 is 0 Å². The van der Waals surface area contributed by atoms with Gasteiger partial charge in [-0.3, -0.25) is 0 Å². The molecule has 2 bridgehead atoms. The van der Waals surface area contributed by atoms with Crippen LogP contribution in [0.5, 0.6) is 0 Å². The van der Waals surface area contributed by atoms with Crippen LogP contribution in [-0.2, 0) is 4.84 Å². The Labute approximate surface area is 67.4 Å². The number of hydrogen-bond acceptors (Lipinski definition) is 2. The lowest BCUT2D eigenvalue weighted by Crippen LogP contribution is -2.26. The summed E-state index contributed by atoms with van der Waals surface area (Å²) in [6.45, 7) is 2.07. The second-order valence-electron chi connectivity index (χ2n) is 3.79. The van der Waals surface area contributed by atoms with E-state index in [0.29, 0.717) is 5.92 Å². The molecule has 0 amide bonds. The Bertz CT molecular complexity index is 178. The second-order valence-corrected chi connectivity index (χ2v) is 3.79. The molecule has 0 aromatic heterocycles. The van der Waals surface area contributed by atoms with E-state index in [4.69, 9.17) is 10.7 Å². The molecule has 4 unspecified atom stereocenters. The predicted octanol–water partition coefficient (Wildman–Crippen LogP) is 1.48. The Kier molecular flexibility index (Phi) is 1.74. The Hall–Kier alpha value is -0.340. The summed E-state index contributed by atoms with van der Waals surface area (Å²) in [5.41, 5.74) is 0. The summed E-state index contributed by atoms with van der Waals surface area (Å²) < 4.78 is 0. The van der Waals surface area contributed by atoms with E-state index < -0.39 is 0 Å². The van der Waals surface area contributed by atoms with Crippen molar-refractivity contribution in [1.82, 2.24) is 0 Å². The lowest BCUT2D eigenvalue weighted by molar-refractivity contribution is 0.0159. The number of rotatable bonds is 2. The standard InChI is InChI=1S/C9H15NO/c1-6(11-10)9-5-7-2-3-8(9)4-7/h2-3,6-9H,4-5,10H2,1H3. The van der Waals surface area contributed by atoms with Crippen LogP contribution in [-0.4, -0.2) is 6.10 Å². The van der Waals surface area contributed by atoms with E-state index in [-0.39, 0.29) is 6.10 Å². The van der Waals surface area contributed by atoms with Gasteiger partial charge in [-0.1, -0.05) is 12.2 Å². The number of fused-ring (bicyclic) bond motifs is 2. The van der Waals surface area contributed by atoms with Gasteiger partial charge in [0.25, 0.3) is 0 Å². The smallest absolute Gasteiger partial charge is 0.0793 e. The first-order chi connectivity index (χ1) is 5.31. The molecule has 0 aliphatic heterocycles. The normalized spacial score (nSPS) is 43.3. The molecular formula is C9H15NO. The van der Waals surface area contributed by atoms with Gasteiger partial charge in [-0.05, 0) is 37.5 Å². The van der Waals surface area contributed by atoms with E-state index in [2.05, 4.69) is 19.1 Å². The molecule has 0 heterocycles. The Balaban J connectivity index is 2.02. The van der Waals surface area contributed by atoms with Gasteiger partial charge in [0.05, 0.1) is 6.10 Å². The molecular weight excluding hydrogens is 138 g/mol. The van der Waals surface area contributed by atoms with E-state index in [1.165, 1.54) is 12.8 Å². The lowest BCUT2D eigenvalue weighted by atomic mass is 9.89. The van der Waals surface area contributed by atoms with Crippen LogP contribution < -0.4 is 5.90 Å². The molecule has 2 aliphatic carbocycles. The molecule has 0 radical (unpaired) electrons. The van der Waals surface area contributed by atoms with E-state index in [0.717, 1.165) is 11.8 Å². The molecule has 0 spiro atoms. The number of nitrogens with two attached hydrogens (primary N) is 1. The summed E-state index contributed by atoms with van der Waals surface area (Å²) in [4.78, 5) is 4.85. The fourth-order valence-electron chi connectivity index (χ4n) is 2.46. The molecule has 2 N–H and O–H groups in total. The number of allylic oxidation sites excluding steroid dienone is 2. The average molecular weight is 153 g/mol. The highest BCUT2D eigenvalue weighted by Crippen LogP contribution is 2.45. The van der Waals surface area contributed by atoms with E-state index in [1.807, 2.05) is 0 Å². The molecule has 0 saturated heterocycles. The van der Waals surface area contributed by atoms with E-state index >= 15 is 0 Å². The topological polar surface area (TPSA) is 35.2 Å². The molecule has 2 aliphatic rings. The molecule has 62 valence electrons. The second kappa shape index (κ2) is 2.61. The molecule has 1 fully saturated rings. The lowest BCUT2D eigenvalue weighted by Gasteiger charge is -2.22. The summed E-state index contributed by atoms with van der Waals surface area (Å²) >= 11 is 0. The minimum atomic E-state index is 0.231. The average Bonchev–Trinajstić information content (AvgIpc) is 2.62. The molecule has 4 atom stereocenters. The van der Waals surface area contributed by atoms with E-state index in [1.54, 1.807) is 0 Å². The van der Waals surface area contributed by atoms with Crippen molar-refractivity contribution in [1.29, 1.82) is 0 Å². The Morgan fingerprint density at radius 1 is 1.45 bits per heavy atom. The molecule has 0 aromatic rings. The fraction of sp³-hybridized carbons (Fsp3) is 0.778. The van der Waals surface area contributed by atoms with Crippen molar-refractivity contribution in [3.05, 3.63) is 12.2 Å². The zero-order chi connectivity index (χ0) is 7.84. The molecule has 2 rings (SSSR count). The van der Waals surface area contributed by atoms with E-state index in [9.17, 15) is 0 Å². The van der Waals surface area contributed by atoms with Crippen LogP contribution in [0.1, 0.15) is 19.8 Å². The molecule has 2 heteroatoms.